The number of ether oxygens (including phenoxy) is 3. The lowest BCUT2D eigenvalue weighted by Gasteiger charge is -2.34. The zero-order valence-corrected chi connectivity index (χ0v) is 37.9. The van der Waals surface area contributed by atoms with Crippen molar-refractivity contribution in [2.75, 3.05) is 30.4 Å². The number of nitrogens with zero attached hydrogens (tertiary/aromatic N) is 5. The van der Waals surface area contributed by atoms with Gasteiger partial charge in [0.05, 0.1) is 28.9 Å². The maximum absolute atomic E-state index is 13.0. The highest BCUT2D eigenvalue weighted by molar-refractivity contribution is 6.30. The largest absolute Gasteiger partial charge is 0.573 e. The predicted octanol–water partition coefficient (Wildman–Crippen LogP) is 13.0. The molecule has 0 spiro atoms. The Kier molecular flexibility index (Phi) is 14.4. The first-order valence-corrected chi connectivity index (χ1v) is 22.2. The van der Waals surface area contributed by atoms with Crippen molar-refractivity contribution in [3.8, 4) is 23.0 Å². The quantitative estimate of drug-likeness (QED) is 0.116. The Bertz CT molecular complexity index is 3020. The topological polar surface area (TPSA) is 115 Å². The number of halogens is 7. The van der Waals surface area contributed by atoms with Crippen molar-refractivity contribution in [3.63, 3.8) is 0 Å². The number of benzene rings is 5. The molecule has 0 radical (unpaired) electrons. The van der Waals surface area contributed by atoms with Gasteiger partial charge in [-0.25, -0.2) is 15.0 Å². The first kappa shape index (κ1) is 47.9. The molecule has 1 amide bonds. The average Bonchev–Trinajstić information content (AvgIpc) is 3.72. The van der Waals surface area contributed by atoms with Gasteiger partial charge in [-0.2, -0.15) is 13.2 Å². The van der Waals surface area contributed by atoms with Gasteiger partial charge in [0.1, 0.15) is 46.5 Å². The zero-order valence-electron chi connectivity index (χ0n) is 37.1. The number of anilines is 3. The smallest absolute Gasteiger partial charge is 0.497 e. The van der Waals surface area contributed by atoms with Crippen LogP contribution in [0.5, 0.6) is 23.0 Å². The Hall–Kier alpha value is -7.53. The zero-order chi connectivity index (χ0) is 48.7. The van der Waals surface area contributed by atoms with E-state index in [1.54, 1.807) is 66.2 Å². The van der Waals surface area contributed by atoms with Crippen LogP contribution in [0.4, 0.5) is 43.5 Å². The molecule has 1 saturated heterocycles. The number of methoxy groups -OCH3 is 1. The van der Waals surface area contributed by atoms with Crippen molar-refractivity contribution in [2.24, 2.45) is 0 Å². The van der Waals surface area contributed by atoms with Crippen molar-refractivity contribution in [3.05, 3.63) is 173 Å². The third-order valence-electron chi connectivity index (χ3n) is 11.4. The molecule has 9 rings (SSSR count). The Balaban J connectivity index is 0.000000192. The van der Waals surface area contributed by atoms with E-state index in [0.717, 1.165) is 77.2 Å². The second-order valence-corrected chi connectivity index (χ2v) is 16.4. The number of nitrogens with one attached hydrogen (secondary N) is 2. The number of pyridine rings is 1. The number of fused-ring (bicyclic) bond motifs is 2. The lowest BCUT2D eigenvalue weighted by atomic mass is 9.89. The summed E-state index contributed by atoms with van der Waals surface area (Å²) in [4.78, 5) is 28.4. The van der Waals surface area contributed by atoms with Crippen molar-refractivity contribution in [2.45, 2.75) is 51.2 Å². The van der Waals surface area contributed by atoms with E-state index in [-0.39, 0.29) is 17.6 Å². The Labute approximate surface area is 397 Å². The van der Waals surface area contributed by atoms with Gasteiger partial charge in [-0.05, 0) is 133 Å². The Morgan fingerprint density at radius 2 is 1.43 bits per heavy atom. The van der Waals surface area contributed by atoms with Gasteiger partial charge < -0.3 is 29.7 Å². The molecule has 1 aliphatic heterocycles. The molecule has 4 heterocycles. The number of aryl methyl sites for hydroxylation is 1. The van der Waals surface area contributed by atoms with Crippen LogP contribution in [-0.4, -0.2) is 51.8 Å². The second-order valence-electron chi connectivity index (χ2n) is 15.9. The number of hydrogen-bond acceptors (Lipinski definition) is 9. The minimum atomic E-state index is -4.68. The number of amides is 1. The fourth-order valence-corrected chi connectivity index (χ4v) is 8.07. The van der Waals surface area contributed by atoms with Gasteiger partial charge in [-0.3, -0.25) is 9.20 Å². The third kappa shape index (κ3) is 12.1. The molecule has 2 N–H and O–H groups in total. The average molecular weight is 968 g/mol. The summed E-state index contributed by atoms with van der Waals surface area (Å²) in [5.41, 5.74) is 5.80. The van der Waals surface area contributed by atoms with E-state index in [4.69, 9.17) is 21.1 Å². The van der Waals surface area contributed by atoms with E-state index in [9.17, 15) is 31.1 Å². The standard InChI is InChI=1S/C29H28ClF3N4O2.C22H16F3N3O2/c1-2-25-27(37-18-22(30)7-12-26(37)35-25)28(38)34-17-19-3-8-23(9-4-19)36-15-13-21(14-16-36)20-5-10-24(11-6-20)39-29(31,32)33;1-29-18-10-11-19-20(12-18)26-13-27-21(19)28-15-4-8-17(9-5-15)30-16-6-2-14(3-7-16)22(23,24)25/h3-12,18,21H,2,13-17H2,1H3,(H,34,38);2-13H,1H3,(H,26,27,28). The van der Waals surface area contributed by atoms with Crippen LogP contribution in [0.1, 0.15) is 58.6 Å². The third-order valence-corrected chi connectivity index (χ3v) is 11.6. The molecular weight excluding hydrogens is 924 g/mol. The molecule has 1 fully saturated rings. The number of hydrogen-bond donors (Lipinski definition) is 2. The number of imidazole rings is 1. The SMILES string of the molecule is CCc1nc2ccc(Cl)cn2c1C(=O)NCc1ccc(N2CCC(c3ccc(OC(F)(F)F)cc3)CC2)cc1.COc1ccc2c(Nc3ccc(Oc4ccc(C(F)(F)F)cc4)cc3)ncnc2c1. The summed E-state index contributed by atoms with van der Waals surface area (Å²) in [6.07, 6.45) is -3.45. The molecule has 0 atom stereocenters. The number of carbonyl (C=O) groups is 1. The van der Waals surface area contributed by atoms with Crippen LogP contribution in [0.3, 0.4) is 0 Å². The highest BCUT2D eigenvalue weighted by atomic mass is 35.5. The van der Waals surface area contributed by atoms with Gasteiger partial charge in [-0.1, -0.05) is 42.8 Å². The van der Waals surface area contributed by atoms with Gasteiger partial charge in [-0.15, -0.1) is 13.2 Å². The number of aromatic nitrogens is 4. The Morgan fingerprint density at radius 3 is 2.07 bits per heavy atom. The molecule has 11 nitrogen and oxygen atoms in total. The van der Waals surface area contributed by atoms with E-state index < -0.39 is 18.1 Å². The summed E-state index contributed by atoms with van der Waals surface area (Å²) in [5, 5.41) is 7.59. The monoisotopic (exact) mass is 967 g/mol. The van der Waals surface area contributed by atoms with Crippen LogP contribution in [0.25, 0.3) is 16.6 Å². The maximum atomic E-state index is 13.0. The summed E-state index contributed by atoms with van der Waals surface area (Å²) >= 11 is 6.14. The number of carbonyl (C=O) groups excluding carboxylic acids is 1. The van der Waals surface area contributed by atoms with E-state index >= 15 is 0 Å². The van der Waals surface area contributed by atoms with E-state index in [1.807, 2.05) is 37.3 Å². The molecule has 3 aromatic heterocycles. The molecule has 18 heteroatoms. The minimum Gasteiger partial charge on any atom is -0.497 e. The van der Waals surface area contributed by atoms with Crippen LogP contribution in [0.15, 0.2) is 140 Å². The molecule has 356 valence electrons. The molecule has 69 heavy (non-hydrogen) atoms. The molecule has 0 aliphatic carbocycles. The van der Waals surface area contributed by atoms with Crippen molar-refractivity contribution in [1.29, 1.82) is 0 Å². The number of rotatable bonds is 12. The van der Waals surface area contributed by atoms with Gasteiger partial charge in [0, 0.05) is 48.7 Å². The molecule has 5 aromatic carbocycles. The van der Waals surface area contributed by atoms with Gasteiger partial charge >= 0.3 is 12.5 Å². The highest BCUT2D eigenvalue weighted by Gasteiger charge is 2.32. The van der Waals surface area contributed by atoms with Crippen LogP contribution < -0.4 is 29.7 Å². The fraction of sp³-hybridized carbons (Fsp3) is 0.216. The molecule has 8 aromatic rings. The molecule has 0 saturated carbocycles. The van der Waals surface area contributed by atoms with Crippen LogP contribution in [-0.2, 0) is 19.1 Å². The van der Waals surface area contributed by atoms with Crippen molar-refractivity contribution < 1.29 is 45.3 Å². The van der Waals surface area contributed by atoms with Crippen LogP contribution in [0, 0.1) is 0 Å². The normalized spacial score (nSPS) is 13.1. The van der Waals surface area contributed by atoms with Gasteiger partial charge in [0.25, 0.3) is 5.91 Å². The maximum Gasteiger partial charge on any atom is 0.573 e. The first-order chi connectivity index (χ1) is 33.1. The summed E-state index contributed by atoms with van der Waals surface area (Å²) in [7, 11) is 1.59. The molecule has 0 bridgehead atoms. The fourth-order valence-electron chi connectivity index (χ4n) is 7.91. The Morgan fingerprint density at radius 1 is 0.783 bits per heavy atom. The minimum absolute atomic E-state index is 0.200. The molecular formula is C51H44ClF6N7O4. The summed E-state index contributed by atoms with van der Waals surface area (Å²) in [6, 6.07) is 34.9. The second kappa shape index (κ2) is 20.8. The van der Waals surface area contributed by atoms with E-state index in [2.05, 4.69) is 47.4 Å². The van der Waals surface area contributed by atoms with Crippen LogP contribution >= 0.6 is 11.6 Å². The first-order valence-electron chi connectivity index (χ1n) is 21.8. The van der Waals surface area contributed by atoms with Crippen molar-refractivity contribution in [1.82, 2.24) is 24.7 Å². The van der Waals surface area contributed by atoms with Crippen LogP contribution in [0.2, 0.25) is 5.02 Å². The van der Waals surface area contributed by atoms with Crippen molar-refractivity contribution >= 4 is 51.3 Å². The summed E-state index contributed by atoms with van der Waals surface area (Å²) in [6.45, 7) is 4.04. The van der Waals surface area contributed by atoms with Gasteiger partial charge in [0.2, 0.25) is 0 Å². The van der Waals surface area contributed by atoms with E-state index in [0.29, 0.717) is 52.4 Å². The van der Waals surface area contributed by atoms with E-state index in [1.165, 1.54) is 30.6 Å². The number of alkyl halides is 6. The predicted molar refractivity (Wildman–Crippen MR) is 252 cm³/mol. The lowest BCUT2D eigenvalue weighted by Crippen LogP contribution is -2.32. The molecule has 1 aliphatic rings. The summed E-state index contributed by atoms with van der Waals surface area (Å²) in [5.74, 6) is 2.05. The lowest BCUT2D eigenvalue weighted by molar-refractivity contribution is -0.274. The van der Waals surface area contributed by atoms with Gasteiger partial charge in [0.15, 0.2) is 0 Å². The summed E-state index contributed by atoms with van der Waals surface area (Å²) < 4.78 is 91.7. The number of piperidine rings is 1. The highest BCUT2D eigenvalue weighted by Crippen LogP contribution is 2.34. The molecule has 0 unspecified atom stereocenters.